The highest BCUT2D eigenvalue weighted by Crippen LogP contribution is 2.30. The average Bonchev–Trinajstić information content (AvgIpc) is 3.12. The number of rotatable bonds is 7. The van der Waals surface area contributed by atoms with Crippen LogP contribution >= 0.6 is 11.6 Å². The molecule has 0 aliphatic carbocycles. The number of likely N-dealkylation sites (tertiary alicyclic amines) is 1. The summed E-state index contributed by atoms with van der Waals surface area (Å²) in [7, 11) is -3.95. The minimum absolute atomic E-state index is 0.00915. The molecule has 0 atom stereocenters. The number of benzene rings is 2. The fourth-order valence-electron chi connectivity index (χ4n) is 3.81. The molecule has 0 radical (unpaired) electrons. The number of hydrogen-bond acceptors (Lipinski definition) is 8. The van der Waals surface area contributed by atoms with Crippen molar-refractivity contribution < 1.29 is 22.7 Å². The number of aromatic hydroxyl groups is 1. The molecule has 1 fully saturated rings. The molecule has 1 saturated heterocycles. The number of primary sulfonamides is 1. The number of hydrogen-bond donors (Lipinski definition) is 3. The van der Waals surface area contributed by atoms with Crippen molar-refractivity contribution in [3.63, 3.8) is 0 Å². The molecule has 1 aromatic heterocycles. The van der Waals surface area contributed by atoms with Gasteiger partial charge in [-0.1, -0.05) is 17.7 Å². The van der Waals surface area contributed by atoms with E-state index in [9.17, 15) is 13.5 Å². The second-order valence-electron chi connectivity index (χ2n) is 7.74. The van der Waals surface area contributed by atoms with Crippen LogP contribution in [0.25, 0.3) is 11.1 Å². The molecule has 32 heavy (non-hydrogen) atoms. The Hall–Kier alpha value is -2.53. The van der Waals surface area contributed by atoms with Crippen molar-refractivity contribution in [1.29, 1.82) is 0 Å². The smallest absolute Gasteiger partial charge is 0.295 e. The number of oxazole rings is 1. The van der Waals surface area contributed by atoms with Crippen LogP contribution in [0.1, 0.15) is 25.3 Å². The first-order valence-electron chi connectivity index (χ1n) is 10.3. The van der Waals surface area contributed by atoms with Crippen LogP contribution in [0, 0.1) is 0 Å². The van der Waals surface area contributed by atoms with Crippen molar-refractivity contribution in [2.45, 2.75) is 37.2 Å². The van der Waals surface area contributed by atoms with E-state index in [4.69, 9.17) is 25.9 Å². The van der Waals surface area contributed by atoms with E-state index in [2.05, 4.69) is 15.2 Å². The zero-order chi connectivity index (χ0) is 22.9. The van der Waals surface area contributed by atoms with E-state index in [-0.39, 0.29) is 21.7 Å². The van der Waals surface area contributed by atoms with Crippen LogP contribution in [-0.2, 0) is 16.6 Å². The van der Waals surface area contributed by atoms with E-state index in [0.29, 0.717) is 29.5 Å². The van der Waals surface area contributed by atoms with Crippen LogP contribution in [0.3, 0.4) is 0 Å². The lowest BCUT2D eigenvalue weighted by Crippen LogP contribution is -2.38. The van der Waals surface area contributed by atoms with Crippen molar-refractivity contribution in [1.82, 2.24) is 9.88 Å². The second kappa shape index (κ2) is 9.14. The molecule has 0 amide bonds. The summed E-state index contributed by atoms with van der Waals surface area (Å²) in [5.74, 6) is 0.650. The number of piperidine rings is 1. The summed E-state index contributed by atoms with van der Waals surface area (Å²) in [6, 6.07) is 8.66. The normalized spacial score (nSPS) is 15.8. The van der Waals surface area contributed by atoms with Gasteiger partial charge in [-0.05, 0) is 43.5 Å². The molecule has 11 heteroatoms. The summed E-state index contributed by atoms with van der Waals surface area (Å²) in [5.41, 5.74) is 1.84. The van der Waals surface area contributed by atoms with Crippen LogP contribution in [-0.4, -0.2) is 49.1 Å². The summed E-state index contributed by atoms with van der Waals surface area (Å²) < 4.78 is 34.4. The number of ether oxygens (including phenoxy) is 1. The Kier molecular flexibility index (Phi) is 6.47. The highest BCUT2D eigenvalue weighted by atomic mass is 35.5. The largest absolute Gasteiger partial charge is 0.504 e. The number of fused-ring (bicyclic) bond motifs is 1. The fourth-order valence-corrected chi connectivity index (χ4v) is 4.89. The molecule has 2 aromatic carbocycles. The first-order valence-corrected chi connectivity index (χ1v) is 12.2. The number of aromatic nitrogens is 1. The molecule has 2 heterocycles. The number of nitrogens with two attached hydrogens (primary N) is 1. The summed E-state index contributed by atoms with van der Waals surface area (Å²) in [6.07, 6.45) is 1.77. The first kappa shape index (κ1) is 22.7. The molecule has 4 N–H and O–H groups in total. The van der Waals surface area contributed by atoms with Gasteiger partial charge in [0, 0.05) is 31.7 Å². The Morgan fingerprint density at radius 2 is 2.06 bits per heavy atom. The maximum atomic E-state index is 11.6. The van der Waals surface area contributed by atoms with Gasteiger partial charge in [0.25, 0.3) is 6.01 Å². The molecule has 3 aromatic rings. The van der Waals surface area contributed by atoms with Crippen molar-refractivity contribution in [3.8, 4) is 11.5 Å². The molecule has 0 bridgehead atoms. The maximum Gasteiger partial charge on any atom is 0.295 e. The van der Waals surface area contributed by atoms with Crippen LogP contribution in [0.15, 0.2) is 39.6 Å². The highest BCUT2D eigenvalue weighted by molar-refractivity contribution is 7.89. The SMILES string of the molecule is CCOc1cc(CN2CCC(Nc3nc4cc(Cl)c(S(N)(=O)=O)cc4o3)CC2)ccc1O. The van der Waals surface area contributed by atoms with Gasteiger partial charge in [0.05, 0.1) is 11.6 Å². The molecule has 172 valence electrons. The Balaban J connectivity index is 1.37. The number of nitrogens with one attached hydrogen (secondary N) is 1. The van der Waals surface area contributed by atoms with Gasteiger partial charge in [0.2, 0.25) is 10.0 Å². The second-order valence-corrected chi connectivity index (χ2v) is 9.68. The van der Waals surface area contributed by atoms with Crippen molar-refractivity contribution >= 4 is 38.7 Å². The minimum atomic E-state index is -3.95. The standard InChI is InChI=1S/C21H25ClN4O5S/c1-2-30-19-9-13(3-4-17(19)27)12-26-7-5-14(6-8-26)24-21-25-16-10-15(22)20(32(23,28)29)11-18(16)31-21/h3-4,9-11,14,27H,2,5-8,12H2,1H3,(H,24,25)(H2,23,28,29). The summed E-state index contributed by atoms with van der Waals surface area (Å²) in [4.78, 5) is 6.51. The van der Waals surface area contributed by atoms with E-state index in [1.165, 1.54) is 12.1 Å². The zero-order valence-corrected chi connectivity index (χ0v) is 19.1. The van der Waals surface area contributed by atoms with E-state index < -0.39 is 10.0 Å². The third-order valence-electron chi connectivity index (χ3n) is 5.39. The summed E-state index contributed by atoms with van der Waals surface area (Å²) in [6.45, 7) is 4.91. The van der Waals surface area contributed by atoms with Gasteiger partial charge in [-0.25, -0.2) is 13.6 Å². The van der Waals surface area contributed by atoms with Crippen LogP contribution in [0.2, 0.25) is 5.02 Å². The molecular formula is C21H25ClN4O5S. The third kappa shape index (κ3) is 5.09. The van der Waals surface area contributed by atoms with Crippen molar-refractivity contribution in [3.05, 3.63) is 40.9 Å². The third-order valence-corrected chi connectivity index (χ3v) is 6.77. The molecular weight excluding hydrogens is 456 g/mol. The first-order chi connectivity index (χ1) is 15.2. The van der Waals surface area contributed by atoms with Gasteiger partial charge in [-0.3, -0.25) is 4.90 Å². The van der Waals surface area contributed by atoms with Gasteiger partial charge in [-0.2, -0.15) is 4.98 Å². The zero-order valence-electron chi connectivity index (χ0n) is 17.5. The Bertz CT molecular complexity index is 1220. The quantitative estimate of drug-likeness (QED) is 0.469. The Morgan fingerprint density at radius 1 is 1.31 bits per heavy atom. The van der Waals surface area contributed by atoms with Crippen molar-refractivity contribution in [2.24, 2.45) is 5.14 Å². The number of phenolic OH excluding ortho intramolecular Hbond substituents is 1. The number of sulfonamides is 1. The predicted molar refractivity (Wildman–Crippen MR) is 122 cm³/mol. The van der Waals surface area contributed by atoms with Gasteiger partial charge < -0.3 is 19.6 Å². The minimum Gasteiger partial charge on any atom is -0.504 e. The lowest BCUT2D eigenvalue weighted by Gasteiger charge is -2.32. The molecule has 1 aliphatic rings. The van der Waals surface area contributed by atoms with E-state index in [1.54, 1.807) is 6.07 Å². The molecule has 1 aliphatic heterocycles. The van der Waals surface area contributed by atoms with Gasteiger partial charge in [0.1, 0.15) is 10.4 Å². The Morgan fingerprint density at radius 3 is 2.75 bits per heavy atom. The van der Waals surface area contributed by atoms with Crippen molar-refractivity contribution in [2.75, 3.05) is 25.0 Å². The Labute approximate surface area is 191 Å². The van der Waals surface area contributed by atoms with Gasteiger partial charge >= 0.3 is 0 Å². The fraction of sp³-hybridized carbons (Fsp3) is 0.381. The number of anilines is 1. The predicted octanol–water partition coefficient (Wildman–Crippen LogP) is 3.31. The highest BCUT2D eigenvalue weighted by Gasteiger charge is 2.22. The monoisotopic (exact) mass is 480 g/mol. The summed E-state index contributed by atoms with van der Waals surface area (Å²) >= 11 is 6.02. The molecule has 9 nitrogen and oxygen atoms in total. The van der Waals surface area contributed by atoms with Gasteiger partial charge in [0.15, 0.2) is 17.1 Å². The maximum absolute atomic E-state index is 11.6. The lowest BCUT2D eigenvalue weighted by atomic mass is 10.0. The average molecular weight is 481 g/mol. The number of phenols is 1. The number of nitrogens with zero attached hydrogens (tertiary/aromatic N) is 2. The number of halogens is 1. The summed E-state index contributed by atoms with van der Waals surface area (Å²) in [5, 5.41) is 18.3. The van der Waals surface area contributed by atoms with Crippen LogP contribution < -0.4 is 15.2 Å². The van der Waals surface area contributed by atoms with Crippen LogP contribution in [0.4, 0.5) is 6.01 Å². The molecule has 0 unspecified atom stereocenters. The molecule has 0 saturated carbocycles. The topological polar surface area (TPSA) is 131 Å². The van der Waals surface area contributed by atoms with E-state index in [1.807, 2.05) is 19.1 Å². The van der Waals surface area contributed by atoms with Gasteiger partial charge in [-0.15, -0.1) is 0 Å². The molecule has 4 rings (SSSR count). The van der Waals surface area contributed by atoms with E-state index in [0.717, 1.165) is 38.0 Å². The van der Waals surface area contributed by atoms with Crippen LogP contribution in [0.5, 0.6) is 11.5 Å². The lowest BCUT2D eigenvalue weighted by molar-refractivity contribution is 0.210. The van der Waals surface area contributed by atoms with E-state index >= 15 is 0 Å². The molecule has 0 spiro atoms.